The number of rotatable bonds is 6. The lowest BCUT2D eigenvalue weighted by molar-refractivity contribution is 0.101. The summed E-state index contributed by atoms with van der Waals surface area (Å²) in [5, 5.41) is 3.31. The number of ketones is 1. The van der Waals surface area contributed by atoms with Crippen molar-refractivity contribution in [2.45, 2.75) is 13.3 Å². The highest BCUT2D eigenvalue weighted by Gasteiger charge is 2.05. The van der Waals surface area contributed by atoms with Gasteiger partial charge in [-0.25, -0.2) is 0 Å². The molecule has 4 nitrogen and oxygen atoms in total. The third-order valence-corrected chi connectivity index (χ3v) is 3.33. The lowest BCUT2D eigenvalue weighted by Gasteiger charge is -2.09. The Hall–Kier alpha value is -2.49. The van der Waals surface area contributed by atoms with E-state index in [2.05, 4.69) is 5.32 Å². The molecule has 21 heavy (non-hydrogen) atoms. The molecule has 0 unspecified atom stereocenters. The highest BCUT2D eigenvalue weighted by Crippen LogP contribution is 2.18. The highest BCUT2D eigenvalue weighted by molar-refractivity contribution is 5.99. The third kappa shape index (κ3) is 3.99. The van der Waals surface area contributed by atoms with Crippen LogP contribution in [0, 0.1) is 0 Å². The van der Waals surface area contributed by atoms with Crippen LogP contribution >= 0.6 is 0 Å². The Kier molecular flexibility index (Phi) is 4.82. The molecule has 4 heteroatoms. The fraction of sp³-hybridized carbons (Fsp3) is 0.235. The monoisotopic (exact) mass is 284 g/mol. The fourth-order valence-corrected chi connectivity index (χ4v) is 2.14. The molecule has 2 aromatic carbocycles. The number of benzene rings is 2. The third-order valence-electron chi connectivity index (χ3n) is 3.33. The lowest BCUT2D eigenvalue weighted by Crippen LogP contribution is -2.06. The van der Waals surface area contributed by atoms with Crippen molar-refractivity contribution in [3.05, 3.63) is 53.6 Å². The van der Waals surface area contributed by atoms with Crippen molar-refractivity contribution in [2.75, 3.05) is 24.7 Å². The first kappa shape index (κ1) is 14.9. The zero-order valence-corrected chi connectivity index (χ0v) is 12.3. The first-order valence-corrected chi connectivity index (χ1v) is 6.87. The second-order valence-electron chi connectivity index (χ2n) is 4.88. The van der Waals surface area contributed by atoms with Gasteiger partial charge in [0.05, 0.1) is 7.11 Å². The normalized spacial score (nSPS) is 10.2. The number of ether oxygens (including phenoxy) is 1. The van der Waals surface area contributed by atoms with Crippen LogP contribution in [0.4, 0.5) is 11.4 Å². The number of carbonyl (C=O) groups is 1. The van der Waals surface area contributed by atoms with Crippen LogP contribution < -0.4 is 15.8 Å². The molecule has 0 aliphatic carbocycles. The molecule has 0 aromatic heterocycles. The molecule has 0 amide bonds. The minimum Gasteiger partial charge on any atom is -0.497 e. The van der Waals surface area contributed by atoms with E-state index in [1.807, 2.05) is 30.3 Å². The summed E-state index contributed by atoms with van der Waals surface area (Å²) in [6.45, 7) is 2.31. The van der Waals surface area contributed by atoms with Gasteiger partial charge in [-0.05, 0) is 49.2 Å². The number of nitrogens with two attached hydrogens (primary N) is 1. The van der Waals surface area contributed by atoms with Crippen LogP contribution in [0.2, 0.25) is 0 Å². The first-order chi connectivity index (χ1) is 10.1. The van der Waals surface area contributed by atoms with E-state index in [0.717, 1.165) is 24.4 Å². The van der Waals surface area contributed by atoms with Crippen molar-refractivity contribution >= 4 is 17.2 Å². The van der Waals surface area contributed by atoms with Crippen molar-refractivity contribution in [1.82, 2.24) is 0 Å². The molecule has 2 rings (SSSR count). The van der Waals surface area contributed by atoms with Crippen LogP contribution in [0.25, 0.3) is 0 Å². The number of nitrogen functional groups attached to an aromatic ring is 1. The Morgan fingerprint density at radius 2 is 1.90 bits per heavy atom. The van der Waals surface area contributed by atoms with Crippen molar-refractivity contribution < 1.29 is 9.53 Å². The lowest BCUT2D eigenvalue weighted by atomic mass is 10.1. The average molecular weight is 284 g/mol. The second-order valence-corrected chi connectivity index (χ2v) is 4.88. The second kappa shape index (κ2) is 6.79. The molecule has 0 spiro atoms. The Bertz CT molecular complexity index is 621. The summed E-state index contributed by atoms with van der Waals surface area (Å²) in [6, 6.07) is 13.4. The van der Waals surface area contributed by atoms with E-state index in [9.17, 15) is 4.79 Å². The van der Waals surface area contributed by atoms with E-state index in [4.69, 9.17) is 10.5 Å². The van der Waals surface area contributed by atoms with Crippen LogP contribution in [-0.2, 0) is 6.42 Å². The van der Waals surface area contributed by atoms with Gasteiger partial charge in [-0.3, -0.25) is 4.79 Å². The van der Waals surface area contributed by atoms with E-state index in [-0.39, 0.29) is 5.78 Å². The smallest absolute Gasteiger partial charge is 0.161 e. The van der Waals surface area contributed by atoms with Crippen LogP contribution in [0.3, 0.4) is 0 Å². The highest BCUT2D eigenvalue weighted by atomic mass is 16.5. The number of hydrogen-bond donors (Lipinski definition) is 2. The minimum atomic E-state index is -0.0164. The quantitative estimate of drug-likeness (QED) is 0.632. The van der Waals surface area contributed by atoms with Crippen molar-refractivity contribution in [3.8, 4) is 5.75 Å². The van der Waals surface area contributed by atoms with Crippen LogP contribution in [0.1, 0.15) is 22.8 Å². The van der Waals surface area contributed by atoms with Gasteiger partial charge in [0.25, 0.3) is 0 Å². The zero-order chi connectivity index (χ0) is 15.2. The zero-order valence-electron chi connectivity index (χ0n) is 12.3. The number of carbonyl (C=O) groups excluding carboxylic acids is 1. The number of methoxy groups -OCH3 is 1. The topological polar surface area (TPSA) is 64.3 Å². The van der Waals surface area contributed by atoms with Gasteiger partial charge >= 0.3 is 0 Å². The van der Waals surface area contributed by atoms with Crippen LogP contribution in [0.5, 0.6) is 5.75 Å². The molecular formula is C17H20N2O2. The fourth-order valence-electron chi connectivity index (χ4n) is 2.14. The van der Waals surface area contributed by atoms with Crippen LogP contribution in [-0.4, -0.2) is 19.4 Å². The largest absolute Gasteiger partial charge is 0.497 e. The van der Waals surface area contributed by atoms with E-state index in [0.29, 0.717) is 11.3 Å². The van der Waals surface area contributed by atoms with E-state index < -0.39 is 0 Å². The van der Waals surface area contributed by atoms with Gasteiger partial charge in [-0.15, -0.1) is 0 Å². The van der Waals surface area contributed by atoms with Crippen molar-refractivity contribution in [2.24, 2.45) is 0 Å². The van der Waals surface area contributed by atoms with Gasteiger partial charge in [-0.2, -0.15) is 0 Å². The molecule has 3 N–H and O–H groups in total. The molecule has 0 aliphatic rings. The van der Waals surface area contributed by atoms with E-state index >= 15 is 0 Å². The molecule has 0 bridgehead atoms. The summed E-state index contributed by atoms with van der Waals surface area (Å²) in [7, 11) is 1.66. The molecule has 0 radical (unpaired) electrons. The van der Waals surface area contributed by atoms with Crippen molar-refractivity contribution in [1.29, 1.82) is 0 Å². The number of Topliss-reactive ketones (excluding diaryl/α,β-unsaturated/α-hetero) is 1. The predicted molar refractivity (Wildman–Crippen MR) is 86.0 cm³/mol. The molecule has 0 saturated carbocycles. The van der Waals surface area contributed by atoms with E-state index in [1.165, 1.54) is 12.5 Å². The maximum absolute atomic E-state index is 11.3. The van der Waals surface area contributed by atoms with Gasteiger partial charge in [0.15, 0.2) is 5.78 Å². The molecule has 110 valence electrons. The summed E-state index contributed by atoms with van der Waals surface area (Å²) in [6.07, 6.45) is 0.901. The van der Waals surface area contributed by atoms with Crippen molar-refractivity contribution in [3.63, 3.8) is 0 Å². The van der Waals surface area contributed by atoms with Gasteiger partial charge in [-0.1, -0.05) is 12.1 Å². The Morgan fingerprint density at radius 1 is 1.19 bits per heavy atom. The summed E-state index contributed by atoms with van der Waals surface area (Å²) in [5.74, 6) is 0.844. The van der Waals surface area contributed by atoms with Gasteiger partial charge < -0.3 is 15.8 Å². The van der Waals surface area contributed by atoms with Crippen LogP contribution in [0.15, 0.2) is 42.5 Å². The Labute approximate surface area is 124 Å². The molecule has 0 fully saturated rings. The Morgan fingerprint density at radius 3 is 2.48 bits per heavy atom. The summed E-state index contributed by atoms with van der Waals surface area (Å²) >= 11 is 0. The number of anilines is 2. The van der Waals surface area contributed by atoms with Gasteiger partial charge in [0.2, 0.25) is 0 Å². The molecule has 0 atom stereocenters. The standard InChI is InChI=1S/C17H20N2O2/c1-12(20)16-8-5-14(11-17(16)18)19-10-9-13-3-6-15(21-2)7-4-13/h3-8,11,19H,9-10,18H2,1-2H3. The maximum Gasteiger partial charge on any atom is 0.161 e. The van der Waals surface area contributed by atoms with E-state index in [1.54, 1.807) is 19.2 Å². The average Bonchev–Trinajstić information content (AvgIpc) is 2.47. The van der Waals surface area contributed by atoms with Gasteiger partial charge in [0.1, 0.15) is 5.75 Å². The molecule has 2 aromatic rings. The predicted octanol–water partition coefficient (Wildman–Crippen LogP) is 3.13. The molecule has 0 heterocycles. The molecule has 0 saturated heterocycles. The summed E-state index contributed by atoms with van der Waals surface area (Å²) in [5.41, 5.74) is 9.09. The number of nitrogens with one attached hydrogen (secondary N) is 1. The first-order valence-electron chi connectivity index (χ1n) is 6.87. The van der Waals surface area contributed by atoms with Gasteiger partial charge in [0, 0.05) is 23.5 Å². The molecule has 0 aliphatic heterocycles. The molecular weight excluding hydrogens is 264 g/mol. The number of hydrogen-bond acceptors (Lipinski definition) is 4. The summed E-state index contributed by atoms with van der Waals surface area (Å²) < 4.78 is 5.13. The minimum absolute atomic E-state index is 0.0164. The Balaban J connectivity index is 1.91. The maximum atomic E-state index is 11.3. The SMILES string of the molecule is COc1ccc(CCNc2ccc(C(C)=O)c(N)c2)cc1. The summed E-state index contributed by atoms with van der Waals surface area (Å²) in [4.78, 5) is 11.3.